The minimum absolute atomic E-state index is 0.00635. The van der Waals surface area contributed by atoms with Gasteiger partial charge in [0, 0.05) is 47.3 Å². The highest BCUT2D eigenvalue weighted by atomic mass is 32.2. The van der Waals surface area contributed by atoms with Crippen LogP contribution in [0.4, 0.5) is 4.39 Å². The smallest absolute Gasteiger partial charge is 0.242 e. The van der Waals surface area contributed by atoms with Crippen LogP contribution in [0.1, 0.15) is 113 Å². The van der Waals surface area contributed by atoms with Crippen molar-refractivity contribution in [1.29, 1.82) is 0 Å². The number of carbonyl (C=O) groups excluding carboxylic acids is 4. The van der Waals surface area contributed by atoms with Gasteiger partial charge in [0.2, 0.25) is 17.7 Å². The number of Topliss-reactive ketones (excluding diaryl/α,β-unsaturated/α-hetero) is 1. The summed E-state index contributed by atoms with van der Waals surface area (Å²) in [6.45, 7) is 13.8. The average molecular weight is 688 g/mol. The molecule has 9 nitrogen and oxygen atoms in total. The highest BCUT2D eigenvalue weighted by molar-refractivity contribution is 8.01. The van der Waals surface area contributed by atoms with Gasteiger partial charge in [0.15, 0.2) is 11.5 Å². The molecule has 1 heterocycles. The number of unbranched alkanes of at least 4 members (excludes halogenated alkanes) is 2. The topological polar surface area (TPSA) is 136 Å². The van der Waals surface area contributed by atoms with Gasteiger partial charge in [-0.2, -0.15) is 5.10 Å². The largest absolute Gasteiger partial charge is 0.390 e. The molecule has 3 saturated carbocycles. The SMILES string of the molecule is CCC(=O)[C@@]1(O)[C@H](C)C[C@H]2[C@@H]3CCC4=CC(=NNC(=O)CCCCCN5C(=O)CC(SC(C)(C)C)C5=O)C=C[C@]4(C)[C@@]3(F)[C@@H](O)C[C@@]21C. The molecule has 11 heteroatoms. The molecule has 266 valence electrons. The summed E-state index contributed by atoms with van der Waals surface area (Å²) in [6, 6.07) is 0. The molecule has 3 N–H and O–H groups in total. The molecule has 48 heavy (non-hydrogen) atoms. The first-order valence-electron chi connectivity index (χ1n) is 17.7. The third kappa shape index (κ3) is 5.93. The Morgan fingerprint density at radius 2 is 1.88 bits per heavy atom. The maximum Gasteiger partial charge on any atom is 0.242 e. The lowest BCUT2D eigenvalue weighted by molar-refractivity contribution is -0.218. The number of hydrazone groups is 1. The first-order valence-corrected chi connectivity index (χ1v) is 18.6. The van der Waals surface area contributed by atoms with Crippen molar-refractivity contribution in [2.24, 2.45) is 33.7 Å². The molecule has 3 amide bonds. The van der Waals surface area contributed by atoms with Crippen LogP contribution >= 0.6 is 11.8 Å². The number of hydrogen-bond donors (Lipinski definition) is 3. The van der Waals surface area contributed by atoms with Gasteiger partial charge in [0.05, 0.1) is 17.1 Å². The van der Waals surface area contributed by atoms with Crippen LogP contribution in [-0.2, 0) is 19.2 Å². The summed E-state index contributed by atoms with van der Waals surface area (Å²) in [5.41, 5.74) is -1.67. The van der Waals surface area contributed by atoms with E-state index in [1.807, 2.05) is 47.6 Å². The van der Waals surface area contributed by atoms with E-state index < -0.39 is 34.1 Å². The third-order valence-corrected chi connectivity index (χ3v) is 13.6. The van der Waals surface area contributed by atoms with Crippen LogP contribution in [0.3, 0.4) is 0 Å². The molecule has 0 bridgehead atoms. The molecule has 0 aromatic rings. The number of carbonyl (C=O) groups is 4. The predicted molar refractivity (Wildman–Crippen MR) is 185 cm³/mol. The molecule has 1 unspecified atom stereocenters. The van der Waals surface area contributed by atoms with Crippen LogP contribution in [0.2, 0.25) is 0 Å². The number of nitrogens with zero attached hydrogens (tertiary/aromatic N) is 2. The van der Waals surface area contributed by atoms with Crippen molar-refractivity contribution >= 4 is 41.0 Å². The lowest BCUT2D eigenvalue weighted by Gasteiger charge is -2.62. The lowest BCUT2D eigenvalue weighted by Crippen LogP contribution is -2.69. The second-order valence-corrected chi connectivity index (χ2v) is 18.3. The first-order chi connectivity index (χ1) is 22.3. The Morgan fingerprint density at radius 1 is 1.17 bits per heavy atom. The fourth-order valence-electron chi connectivity index (χ4n) is 9.81. The zero-order valence-corrected chi connectivity index (χ0v) is 30.4. The number of likely N-dealkylation sites (tertiary alicyclic amines) is 1. The minimum Gasteiger partial charge on any atom is -0.390 e. The van der Waals surface area contributed by atoms with Gasteiger partial charge in [0.25, 0.3) is 0 Å². The number of nitrogens with one attached hydrogen (secondary N) is 1. The van der Waals surface area contributed by atoms with Crippen molar-refractivity contribution in [3.63, 3.8) is 0 Å². The quantitative estimate of drug-likeness (QED) is 0.158. The van der Waals surface area contributed by atoms with Gasteiger partial charge in [0.1, 0.15) is 5.60 Å². The van der Waals surface area contributed by atoms with Crippen LogP contribution in [0.15, 0.2) is 28.9 Å². The molecule has 0 radical (unpaired) electrons. The first kappa shape index (κ1) is 36.9. The molecule has 0 aromatic carbocycles. The molecule has 9 atom stereocenters. The van der Waals surface area contributed by atoms with Crippen LogP contribution in [0.25, 0.3) is 0 Å². The van der Waals surface area contributed by atoms with Gasteiger partial charge in [-0.05, 0) is 69.4 Å². The number of halogens is 1. The molecule has 1 saturated heterocycles. The Kier molecular flexibility index (Phi) is 10.0. The van der Waals surface area contributed by atoms with Gasteiger partial charge in [-0.1, -0.05) is 59.6 Å². The van der Waals surface area contributed by atoms with E-state index in [1.54, 1.807) is 19.1 Å². The van der Waals surface area contributed by atoms with Gasteiger partial charge in [-0.15, -0.1) is 11.8 Å². The summed E-state index contributed by atoms with van der Waals surface area (Å²) in [5.74, 6) is -1.84. The standard InChI is InChI=1S/C37H54FN3O6S/c1-8-28(42)37(47)22(2)18-26-25-14-13-23-19-24(15-16-34(23,6)36(25,38)29(43)21-35(26,37)7)39-40-30(44)12-10-9-11-17-41-31(45)20-27(32(41)46)48-33(3,4)5/h15-16,19,22,25-27,29,43,47H,8-14,17-18,20-21H2,1-7H3,(H,40,44)/t22-,25+,26+,27?,29+,34+,35+,36+,37+/m1/s1. The maximum absolute atomic E-state index is 17.6. The molecule has 5 aliphatic rings. The maximum atomic E-state index is 17.6. The third-order valence-electron chi connectivity index (χ3n) is 12.3. The van der Waals surface area contributed by atoms with Gasteiger partial charge in [-0.3, -0.25) is 24.1 Å². The van der Waals surface area contributed by atoms with Crippen molar-refractivity contribution in [2.45, 2.75) is 140 Å². The van der Waals surface area contributed by atoms with E-state index in [1.165, 1.54) is 16.7 Å². The monoisotopic (exact) mass is 687 g/mol. The van der Waals surface area contributed by atoms with Crippen molar-refractivity contribution in [1.82, 2.24) is 10.3 Å². The molecule has 1 aliphatic heterocycles. The number of imide groups is 1. The second-order valence-electron chi connectivity index (χ2n) is 16.2. The number of hydrogen-bond acceptors (Lipinski definition) is 8. The van der Waals surface area contributed by atoms with Crippen molar-refractivity contribution in [3.8, 4) is 0 Å². The normalized spacial score (nSPS) is 40.0. The Labute approximate surface area is 288 Å². The van der Waals surface area contributed by atoms with E-state index in [0.717, 1.165) is 5.57 Å². The fraction of sp³-hybridized carbons (Fsp3) is 0.757. The van der Waals surface area contributed by atoms with Gasteiger partial charge in [-0.25, -0.2) is 9.82 Å². The number of fused-ring (bicyclic) bond motifs is 5. The van der Waals surface area contributed by atoms with E-state index in [0.29, 0.717) is 50.8 Å². The number of allylic oxidation sites excluding steroid dienone is 4. The Morgan fingerprint density at radius 3 is 2.54 bits per heavy atom. The zero-order valence-electron chi connectivity index (χ0n) is 29.6. The molecule has 0 spiro atoms. The summed E-state index contributed by atoms with van der Waals surface area (Å²) in [5, 5.41) is 27.3. The number of ketones is 1. The van der Waals surface area contributed by atoms with Crippen molar-refractivity contribution < 1.29 is 33.8 Å². The summed E-state index contributed by atoms with van der Waals surface area (Å²) >= 11 is 1.53. The Bertz CT molecular complexity index is 1440. The molecule has 4 aliphatic carbocycles. The number of aliphatic hydroxyl groups is 2. The van der Waals surface area contributed by atoms with Crippen molar-refractivity contribution in [2.75, 3.05) is 6.54 Å². The summed E-state index contributed by atoms with van der Waals surface area (Å²) < 4.78 is 17.5. The summed E-state index contributed by atoms with van der Waals surface area (Å²) in [7, 11) is 0. The van der Waals surface area contributed by atoms with Gasteiger partial charge >= 0.3 is 0 Å². The van der Waals surface area contributed by atoms with Gasteiger partial charge < -0.3 is 10.2 Å². The Balaban J connectivity index is 1.16. The summed E-state index contributed by atoms with van der Waals surface area (Å²) in [6.07, 6.45) is 8.07. The molecule has 0 aromatic heterocycles. The van der Waals surface area contributed by atoms with Crippen LogP contribution < -0.4 is 5.43 Å². The fourth-order valence-corrected chi connectivity index (χ4v) is 11.1. The average Bonchev–Trinajstić information content (AvgIpc) is 3.38. The number of aliphatic hydroxyl groups excluding tert-OH is 1. The van der Waals surface area contributed by atoms with Crippen LogP contribution in [0.5, 0.6) is 0 Å². The molecular formula is C37H54FN3O6S. The van der Waals surface area contributed by atoms with Crippen LogP contribution in [0, 0.1) is 28.6 Å². The van der Waals surface area contributed by atoms with E-state index in [2.05, 4.69) is 10.5 Å². The number of amides is 3. The summed E-state index contributed by atoms with van der Waals surface area (Å²) in [4.78, 5) is 52.1. The highest BCUT2D eigenvalue weighted by Gasteiger charge is 2.75. The predicted octanol–water partition coefficient (Wildman–Crippen LogP) is 5.44. The molecule has 5 rings (SSSR count). The number of thioether (sulfide) groups is 1. The molecule has 4 fully saturated rings. The number of alkyl halides is 1. The lowest BCUT2D eigenvalue weighted by atomic mass is 9.44. The van der Waals surface area contributed by atoms with Crippen molar-refractivity contribution in [3.05, 3.63) is 23.8 Å². The Hall–Kier alpha value is -2.37. The van der Waals surface area contributed by atoms with Crippen LogP contribution in [-0.4, -0.2) is 78.2 Å². The highest BCUT2D eigenvalue weighted by Crippen LogP contribution is 2.70. The van der Waals surface area contributed by atoms with E-state index in [4.69, 9.17) is 0 Å². The number of rotatable bonds is 10. The second kappa shape index (κ2) is 13.1. The van der Waals surface area contributed by atoms with E-state index in [9.17, 15) is 29.4 Å². The minimum atomic E-state index is -1.98. The van der Waals surface area contributed by atoms with E-state index >= 15 is 4.39 Å². The molecular weight excluding hydrogens is 633 g/mol. The van der Waals surface area contributed by atoms with E-state index in [-0.39, 0.29) is 71.0 Å². The zero-order chi connectivity index (χ0) is 35.4.